The molecule has 1 aliphatic carbocycles. The molecule has 2 aromatic carbocycles. The van der Waals surface area contributed by atoms with Gasteiger partial charge in [-0.05, 0) is 61.5 Å². The van der Waals surface area contributed by atoms with Crippen LogP contribution in [0.4, 0.5) is 0 Å². The maximum atomic E-state index is 12.9. The number of aryl methyl sites for hydroxylation is 1. The standard InChI is InChI=1S/C30H35N5O2S/c1-33(21-25-19-23-5-2-3-8-28(23)38-25)20-22-9-11-24(12-10-22)37-18-17-34-13-15-35(16-14-34)30(36)29-26-6-4-7-27(26)31-32-29/h2-3,5,8-12,19H,4,6-7,13-18,20-21H2,1H3,(H,31,32). The number of thiophene rings is 1. The zero-order valence-corrected chi connectivity index (χ0v) is 22.8. The number of nitrogens with zero attached hydrogens (tertiary/aromatic N) is 4. The maximum absolute atomic E-state index is 12.9. The molecule has 1 amide bonds. The van der Waals surface area contributed by atoms with E-state index in [1.165, 1.54) is 20.5 Å². The van der Waals surface area contributed by atoms with Crippen molar-refractivity contribution in [3.63, 3.8) is 0 Å². The molecule has 7 nitrogen and oxygen atoms in total. The summed E-state index contributed by atoms with van der Waals surface area (Å²) in [5, 5.41) is 8.70. The van der Waals surface area contributed by atoms with Gasteiger partial charge < -0.3 is 9.64 Å². The third-order valence-electron chi connectivity index (χ3n) is 7.62. The number of carbonyl (C=O) groups is 1. The Morgan fingerprint density at radius 3 is 2.68 bits per heavy atom. The molecule has 0 spiro atoms. The molecular formula is C30H35N5O2S. The highest BCUT2D eigenvalue weighted by Gasteiger charge is 2.28. The van der Waals surface area contributed by atoms with Gasteiger partial charge in [0, 0.05) is 66.6 Å². The zero-order chi connectivity index (χ0) is 25.9. The molecule has 1 fully saturated rings. The van der Waals surface area contributed by atoms with Gasteiger partial charge >= 0.3 is 0 Å². The van der Waals surface area contributed by atoms with Gasteiger partial charge in [-0.3, -0.25) is 19.7 Å². The van der Waals surface area contributed by atoms with Gasteiger partial charge in [-0.1, -0.05) is 30.3 Å². The first kappa shape index (κ1) is 25.1. The molecule has 2 aliphatic rings. The van der Waals surface area contributed by atoms with Gasteiger partial charge in [0.25, 0.3) is 5.91 Å². The lowest BCUT2D eigenvalue weighted by Gasteiger charge is -2.34. The summed E-state index contributed by atoms with van der Waals surface area (Å²) in [4.78, 5) is 21.0. The van der Waals surface area contributed by atoms with Crippen molar-refractivity contribution in [3.05, 3.63) is 82.0 Å². The molecule has 0 radical (unpaired) electrons. The number of H-pyrrole nitrogens is 1. The van der Waals surface area contributed by atoms with Crippen LogP contribution in [0.1, 0.15) is 38.6 Å². The number of piperazine rings is 1. The maximum Gasteiger partial charge on any atom is 0.274 e. The molecule has 1 N–H and O–H groups in total. The Morgan fingerprint density at radius 2 is 1.87 bits per heavy atom. The van der Waals surface area contributed by atoms with Crippen LogP contribution in [0.25, 0.3) is 10.1 Å². The fourth-order valence-electron chi connectivity index (χ4n) is 5.55. The molecule has 6 rings (SSSR count). The highest BCUT2D eigenvalue weighted by molar-refractivity contribution is 7.19. The van der Waals surface area contributed by atoms with E-state index in [-0.39, 0.29) is 5.91 Å². The van der Waals surface area contributed by atoms with E-state index in [9.17, 15) is 4.79 Å². The van der Waals surface area contributed by atoms with E-state index in [0.717, 1.165) is 82.1 Å². The summed E-state index contributed by atoms with van der Waals surface area (Å²) in [5.41, 5.74) is 4.21. The lowest BCUT2D eigenvalue weighted by Crippen LogP contribution is -2.49. The fraction of sp³-hybridized carbons (Fsp3) is 0.400. The largest absolute Gasteiger partial charge is 0.492 e. The molecule has 8 heteroatoms. The summed E-state index contributed by atoms with van der Waals surface area (Å²) >= 11 is 1.88. The summed E-state index contributed by atoms with van der Waals surface area (Å²) in [6.07, 6.45) is 3.09. The Labute approximate surface area is 228 Å². The number of rotatable bonds is 9. The molecule has 0 atom stereocenters. The fourth-order valence-corrected chi connectivity index (χ4v) is 6.70. The second-order valence-electron chi connectivity index (χ2n) is 10.4. The lowest BCUT2D eigenvalue weighted by molar-refractivity contribution is 0.0613. The van der Waals surface area contributed by atoms with E-state index in [0.29, 0.717) is 12.3 Å². The van der Waals surface area contributed by atoms with E-state index in [1.54, 1.807) is 0 Å². The first-order chi connectivity index (χ1) is 18.6. The minimum Gasteiger partial charge on any atom is -0.492 e. The summed E-state index contributed by atoms with van der Waals surface area (Å²) in [7, 11) is 2.17. The number of ether oxygens (including phenoxy) is 1. The van der Waals surface area contributed by atoms with Gasteiger partial charge in [-0.15, -0.1) is 11.3 Å². The van der Waals surface area contributed by atoms with Crippen LogP contribution in [0.5, 0.6) is 5.75 Å². The monoisotopic (exact) mass is 529 g/mol. The molecule has 0 unspecified atom stereocenters. The van der Waals surface area contributed by atoms with Crippen LogP contribution in [0.2, 0.25) is 0 Å². The number of amides is 1. The van der Waals surface area contributed by atoms with Crippen LogP contribution in [-0.4, -0.2) is 77.2 Å². The topological polar surface area (TPSA) is 64.7 Å². The average Bonchev–Trinajstić information content (AvgIpc) is 3.65. The Kier molecular flexibility index (Phi) is 7.44. The Morgan fingerprint density at radius 1 is 1.05 bits per heavy atom. The van der Waals surface area contributed by atoms with Gasteiger partial charge in [0.2, 0.25) is 0 Å². The molecule has 1 saturated heterocycles. The van der Waals surface area contributed by atoms with Crippen LogP contribution < -0.4 is 4.74 Å². The molecule has 0 saturated carbocycles. The normalized spacial score (nSPS) is 15.9. The summed E-state index contributed by atoms with van der Waals surface area (Å²) in [6, 6.07) is 19.3. The van der Waals surface area contributed by atoms with E-state index >= 15 is 0 Å². The third-order valence-corrected chi connectivity index (χ3v) is 8.72. The SMILES string of the molecule is CN(Cc1ccc(OCCN2CCN(C(=O)c3n[nH]c4c3CCC4)CC2)cc1)Cc1cc2ccccc2s1. The minimum atomic E-state index is 0.0786. The smallest absolute Gasteiger partial charge is 0.274 e. The van der Waals surface area contributed by atoms with Crippen molar-refractivity contribution in [1.29, 1.82) is 0 Å². The molecule has 4 aromatic rings. The third kappa shape index (κ3) is 5.62. The average molecular weight is 530 g/mol. The molecule has 0 bridgehead atoms. The van der Waals surface area contributed by atoms with Gasteiger partial charge in [-0.2, -0.15) is 5.10 Å². The van der Waals surface area contributed by atoms with Gasteiger partial charge in [-0.25, -0.2) is 0 Å². The molecule has 2 aromatic heterocycles. The van der Waals surface area contributed by atoms with Crippen molar-refractivity contribution >= 4 is 27.3 Å². The highest BCUT2D eigenvalue weighted by Crippen LogP contribution is 2.27. The summed E-state index contributed by atoms with van der Waals surface area (Å²) < 4.78 is 7.38. The molecule has 38 heavy (non-hydrogen) atoms. The van der Waals surface area contributed by atoms with Crippen LogP contribution in [0.15, 0.2) is 54.6 Å². The molecule has 198 valence electrons. The minimum absolute atomic E-state index is 0.0786. The van der Waals surface area contributed by atoms with E-state index in [4.69, 9.17) is 4.74 Å². The van der Waals surface area contributed by atoms with Gasteiger partial charge in [0.1, 0.15) is 12.4 Å². The lowest BCUT2D eigenvalue weighted by atomic mass is 10.1. The van der Waals surface area contributed by atoms with E-state index in [2.05, 4.69) is 81.6 Å². The van der Waals surface area contributed by atoms with E-state index < -0.39 is 0 Å². The molecular weight excluding hydrogens is 494 g/mol. The summed E-state index contributed by atoms with van der Waals surface area (Å²) in [6.45, 7) is 6.57. The van der Waals surface area contributed by atoms with Crippen LogP contribution >= 0.6 is 11.3 Å². The number of nitrogens with one attached hydrogen (secondary N) is 1. The van der Waals surface area contributed by atoms with Gasteiger partial charge in [0.05, 0.1) is 0 Å². The molecule has 3 heterocycles. The number of aromatic amines is 1. The van der Waals surface area contributed by atoms with Crippen LogP contribution in [-0.2, 0) is 25.9 Å². The number of fused-ring (bicyclic) bond motifs is 2. The van der Waals surface area contributed by atoms with Crippen molar-refractivity contribution in [2.75, 3.05) is 46.4 Å². The van der Waals surface area contributed by atoms with Crippen LogP contribution in [0, 0.1) is 0 Å². The van der Waals surface area contributed by atoms with Crippen LogP contribution in [0.3, 0.4) is 0 Å². The summed E-state index contributed by atoms with van der Waals surface area (Å²) in [5.74, 6) is 0.983. The second-order valence-corrected chi connectivity index (χ2v) is 11.6. The first-order valence-corrected chi connectivity index (χ1v) is 14.4. The van der Waals surface area contributed by atoms with Crippen molar-refractivity contribution in [2.45, 2.75) is 32.4 Å². The molecule has 1 aliphatic heterocycles. The van der Waals surface area contributed by atoms with E-state index in [1.807, 2.05) is 16.2 Å². The van der Waals surface area contributed by atoms with Gasteiger partial charge in [0.15, 0.2) is 5.69 Å². The van der Waals surface area contributed by atoms with Crippen molar-refractivity contribution in [1.82, 2.24) is 24.9 Å². The number of hydrogen-bond acceptors (Lipinski definition) is 6. The van der Waals surface area contributed by atoms with Crippen molar-refractivity contribution in [3.8, 4) is 5.75 Å². The Hall–Kier alpha value is -3.20. The Bertz CT molecular complexity index is 1350. The first-order valence-electron chi connectivity index (χ1n) is 13.6. The Balaban J connectivity index is 0.916. The number of carbonyl (C=O) groups excluding carboxylic acids is 1. The quantitative estimate of drug-likeness (QED) is 0.344. The van der Waals surface area contributed by atoms with Crippen molar-refractivity contribution < 1.29 is 9.53 Å². The highest BCUT2D eigenvalue weighted by atomic mass is 32.1. The van der Waals surface area contributed by atoms with Crippen molar-refractivity contribution in [2.24, 2.45) is 0 Å². The number of hydrogen-bond donors (Lipinski definition) is 1. The number of aromatic nitrogens is 2. The predicted molar refractivity (Wildman–Crippen MR) is 152 cm³/mol. The second kappa shape index (κ2) is 11.3. The zero-order valence-electron chi connectivity index (χ0n) is 22.0. The predicted octanol–water partition coefficient (Wildman–Crippen LogP) is 4.58. The number of benzene rings is 2.